The number of piperidine rings is 1. The van der Waals surface area contributed by atoms with Crippen molar-refractivity contribution >= 4 is 36.8 Å². The van der Waals surface area contributed by atoms with Gasteiger partial charge in [0.1, 0.15) is 24.2 Å². The van der Waals surface area contributed by atoms with Gasteiger partial charge in [0.25, 0.3) is 5.91 Å². The van der Waals surface area contributed by atoms with Crippen molar-refractivity contribution < 1.29 is 23.5 Å². The van der Waals surface area contributed by atoms with Crippen molar-refractivity contribution in [3.8, 4) is 11.5 Å². The minimum absolute atomic E-state index is 0.0321. The zero-order chi connectivity index (χ0) is 29.1. The molecule has 12 heteroatoms. The van der Waals surface area contributed by atoms with Crippen LogP contribution in [-0.4, -0.2) is 77.9 Å². The SMILES string of the molecule is CNC(=O)c1coc(-c2cnc3c(ccn3COCC[Si](C)(C)C)c2N[C@@H]2CCCN(C(=O)OC(C)(C)C)C2)n1. The lowest BCUT2D eigenvalue weighted by Crippen LogP contribution is -2.47. The van der Waals surface area contributed by atoms with Gasteiger partial charge < -0.3 is 34.0 Å². The van der Waals surface area contributed by atoms with E-state index in [2.05, 4.69) is 35.3 Å². The van der Waals surface area contributed by atoms with Gasteiger partial charge in [-0.1, -0.05) is 19.6 Å². The Bertz CT molecular complexity index is 1340. The maximum Gasteiger partial charge on any atom is 0.410 e. The van der Waals surface area contributed by atoms with Crippen LogP contribution in [0.3, 0.4) is 0 Å². The Morgan fingerprint density at radius 2 is 2.02 bits per heavy atom. The number of amides is 2. The van der Waals surface area contributed by atoms with Crippen molar-refractivity contribution in [3.63, 3.8) is 0 Å². The predicted molar refractivity (Wildman–Crippen MR) is 157 cm³/mol. The molecule has 3 aromatic rings. The van der Waals surface area contributed by atoms with Crippen molar-refractivity contribution in [3.05, 3.63) is 30.4 Å². The van der Waals surface area contributed by atoms with E-state index in [1.54, 1.807) is 18.1 Å². The van der Waals surface area contributed by atoms with E-state index in [9.17, 15) is 9.59 Å². The van der Waals surface area contributed by atoms with Gasteiger partial charge in [-0.3, -0.25) is 4.79 Å². The molecule has 218 valence electrons. The maximum absolute atomic E-state index is 12.8. The largest absolute Gasteiger partial charge is 0.444 e. The number of nitrogens with zero attached hydrogens (tertiary/aromatic N) is 4. The molecule has 40 heavy (non-hydrogen) atoms. The lowest BCUT2D eigenvalue weighted by atomic mass is 10.0. The fourth-order valence-corrected chi connectivity index (χ4v) is 5.28. The van der Waals surface area contributed by atoms with E-state index >= 15 is 0 Å². The van der Waals surface area contributed by atoms with Gasteiger partial charge in [-0.2, -0.15) is 0 Å². The Kier molecular flexibility index (Phi) is 8.89. The van der Waals surface area contributed by atoms with E-state index in [-0.39, 0.29) is 29.6 Å². The Morgan fingerprint density at radius 1 is 1.25 bits per heavy atom. The molecule has 4 heterocycles. The first-order valence-electron chi connectivity index (χ1n) is 13.8. The number of aromatic nitrogens is 3. The molecular formula is C28H42N6O5Si. The zero-order valence-corrected chi connectivity index (χ0v) is 25.7. The fraction of sp³-hybridized carbons (Fsp3) is 0.571. The molecule has 1 fully saturated rings. The summed E-state index contributed by atoms with van der Waals surface area (Å²) >= 11 is 0. The van der Waals surface area contributed by atoms with Crippen molar-refractivity contribution in [1.82, 2.24) is 24.8 Å². The minimum atomic E-state index is -1.19. The van der Waals surface area contributed by atoms with Crippen LogP contribution in [0, 0.1) is 0 Å². The summed E-state index contributed by atoms with van der Waals surface area (Å²) in [5.74, 6) is -0.0464. The second kappa shape index (κ2) is 12.0. The van der Waals surface area contributed by atoms with E-state index in [1.165, 1.54) is 6.26 Å². The summed E-state index contributed by atoms with van der Waals surface area (Å²) in [6.45, 7) is 14.8. The number of hydrogen-bond acceptors (Lipinski definition) is 8. The van der Waals surface area contributed by atoms with Crippen molar-refractivity contribution in [1.29, 1.82) is 0 Å². The lowest BCUT2D eigenvalue weighted by Gasteiger charge is -2.35. The monoisotopic (exact) mass is 570 g/mol. The average Bonchev–Trinajstić information content (AvgIpc) is 3.53. The number of carbonyl (C=O) groups is 2. The molecule has 0 aromatic carbocycles. The molecule has 0 bridgehead atoms. The molecule has 1 saturated heterocycles. The molecule has 0 aliphatic carbocycles. The molecule has 1 aliphatic heterocycles. The third-order valence-corrected chi connectivity index (χ3v) is 8.34. The fourth-order valence-electron chi connectivity index (χ4n) is 4.52. The van der Waals surface area contributed by atoms with Crippen LogP contribution in [0.2, 0.25) is 25.7 Å². The van der Waals surface area contributed by atoms with E-state index < -0.39 is 13.7 Å². The Balaban J connectivity index is 1.63. The summed E-state index contributed by atoms with van der Waals surface area (Å²) in [6.07, 6.45) is 6.40. The number of likely N-dealkylation sites (tertiary alicyclic amines) is 1. The standard InChI is InChI=1S/C28H42N6O5Si/c1-28(2,3)39-27(36)33-11-8-9-19(16-33)31-23-20-10-12-34(18-37-13-14-40(5,6)7)24(20)30-15-21(23)26-32-22(17-38-26)25(35)29-4/h10,12,15,17,19H,8-9,11,13-14,16,18H2,1-7H3,(H,29,35)(H,30,31)/t19-/m1/s1. The van der Waals surface area contributed by atoms with Crippen molar-refractivity contribution in [2.45, 2.75) is 77.7 Å². The number of oxazole rings is 1. The highest BCUT2D eigenvalue weighted by molar-refractivity contribution is 6.76. The van der Waals surface area contributed by atoms with Crippen LogP contribution in [0.5, 0.6) is 0 Å². The van der Waals surface area contributed by atoms with Crippen LogP contribution in [-0.2, 0) is 16.2 Å². The van der Waals surface area contributed by atoms with Crippen LogP contribution in [0.4, 0.5) is 10.5 Å². The second-order valence-corrected chi connectivity index (χ2v) is 18.1. The number of rotatable bonds is 9. The first-order chi connectivity index (χ1) is 18.8. The summed E-state index contributed by atoms with van der Waals surface area (Å²) in [5.41, 5.74) is 1.81. The molecule has 0 saturated carbocycles. The van der Waals surface area contributed by atoms with E-state index in [1.807, 2.05) is 37.6 Å². The molecule has 0 spiro atoms. The number of fused-ring (bicyclic) bond motifs is 1. The minimum Gasteiger partial charge on any atom is -0.444 e. The third-order valence-electron chi connectivity index (χ3n) is 6.63. The van der Waals surface area contributed by atoms with Gasteiger partial charge in [-0.05, 0) is 45.7 Å². The number of nitrogens with one attached hydrogen (secondary N) is 2. The Hall–Kier alpha value is -3.38. The topological polar surface area (TPSA) is 124 Å². The van der Waals surface area contributed by atoms with E-state index in [0.717, 1.165) is 35.6 Å². The van der Waals surface area contributed by atoms with Gasteiger partial charge in [0.2, 0.25) is 5.89 Å². The van der Waals surface area contributed by atoms with Gasteiger partial charge >= 0.3 is 6.09 Å². The third kappa shape index (κ3) is 7.42. The highest BCUT2D eigenvalue weighted by Gasteiger charge is 2.29. The molecule has 0 radical (unpaired) electrons. The molecule has 0 unspecified atom stereocenters. The zero-order valence-electron chi connectivity index (χ0n) is 24.7. The van der Waals surface area contributed by atoms with Crippen LogP contribution < -0.4 is 10.6 Å². The molecule has 1 aliphatic rings. The lowest BCUT2D eigenvalue weighted by molar-refractivity contribution is 0.0206. The van der Waals surface area contributed by atoms with Crippen molar-refractivity contribution in [2.24, 2.45) is 0 Å². The second-order valence-electron chi connectivity index (χ2n) is 12.4. The van der Waals surface area contributed by atoms with E-state index in [0.29, 0.717) is 32.0 Å². The first-order valence-corrected chi connectivity index (χ1v) is 17.5. The maximum atomic E-state index is 12.8. The molecule has 2 amide bonds. The number of ether oxygens (including phenoxy) is 2. The number of hydrogen-bond donors (Lipinski definition) is 2. The highest BCUT2D eigenvalue weighted by Crippen LogP contribution is 2.35. The molecule has 1 atom stereocenters. The van der Waals surface area contributed by atoms with Gasteiger partial charge in [0, 0.05) is 58.6 Å². The van der Waals surface area contributed by atoms with Crippen LogP contribution in [0.25, 0.3) is 22.5 Å². The summed E-state index contributed by atoms with van der Waals surface area (Å²) in [6, 6.07) is 3.05. The van der Waals surface area contributed by atoms with Gasteiger partial charge in [0.05, 0.1) is 11.3 Å². The summed E-state index contributed by atoms with van der Waals surface area (Å²) < 4.78 is 19.3. The normalized spacial score (nSPS) is 16.3. The molecule has 4 rings (SSSR count). The van der Waals surface area contributed by atoms with Crippen LogP contribution in [0.1, 0.15) is 44.1 Å². The molecule has 3 aromatic heterocycles. The summed E-state index contributed by atoms with van der Waals surface area (Å²) in [5, 5.41) is 7.10. The molecule has 11 nitrogen and oxygen atoms in total. The smallest absolute Gasteiger partial charge is 0.410 e. The quantitative estimate of drug-likeness (QED) is 0.267. The summed E-state index contributed by atoms with van der Waals surface area (Å²) in [7, 11) is 0.356. The number of pyridine rings is 1. The van der Waals surface area contributed by atoms with Crippen LogP contribution >= 0.6 is 0 Å². The summed E-state index contributed by atoms with van der Waals surface area (Å²) in [4.78, 5) is 35.8. The van der Waals surface area contributed by atoms with Gasteiger partial charge in [-0.25, -0.2) is 14.8 Å². The number of carbonyl (C=O) groups excluding carboxylic acids is 2. The van der Waals surface area contributed by atoms with Gasteiger partial charge in [-0.15, -0.1) is 0 Å². The first kappa shape index (κ1) is 29.6. The Labute approximate surface area is 236 Å². The van der Waals surface area contributed by atoms with Gasteiger partial charge in [0.15, 0.2) is 5.69 Å². The van der Waals surface area contributed by atoms with E-state index in [4.69, 9.17) is 18.9 Å². The Morgan fingerprint density at radius 3 is 2.73 bits per heavy atom. The molecular weight excluding hydrogens is 528 g/mol. The highest BCUT2D eigenvalue weighted by atomic mass is 28.3. The average molecular weight is 571 g/mol. The number of anilines is 1. The van der Waals surface area contributed by atoms with Crippen LogP contribution in [0.15, 0.2) is 29.1 Å². The van der Waals surface area contributed by atoms with Crippen molar-refractivity contribution in [2.75, 3.05) is 32.1 Å². The molecule has 2 N–H and O–H groups in total. The predicted octanol–water partition coefficient (Wildman–Crippen LogP) is 5.17.